The van der Waals surface area contributed by atoms with E-state index < -0.39 is 20.4 Å². The summed E-state index contributed by atoms with van der Waals surface area (Å²) < 4.78 is 36.3. The molecular formula is C36H44O3S2. The predicted octanol–water partition coefficient (Wildman–Crippen LogP) is 10.6. The van der Waals surface area contributed by atoms with Crippen molar-refractivity contribution in [3.8, 4) is 0 Å². The summed E-state index contributed by atoms with van der Waals surface area (Å²) >= 11 is 0. The Morgan fingerprint density at radius 3 is 1.17 bits per heavy atom. The van der Waals surface area contributed by atoms with Gasteiger partial charge in [-0.05, 0) is 108 Å². The minimum atomic E-state index is -4.23. The highest BCUT2D eigenvalue weighted by atomic mass is 32.3. The number of benzene rings is 4. The first-order valence-electron chi connectivity index (χ1n) is 14.4. The maximum Gasteiger partial charge on any atom is 0.307 e. The number of rotatable bonds is 9. The molecule has 218 valence electrons. The highest BCUT2D eigenvalue weighted by molar-refractivity contribution is 8.33. The van der Waals surface area contributed by atoms with Gasteiger partial charge in [0.05, 0.1) is 4.90 Å². The summed E-state index contributed by atoms with van der Waals surface area (Å²) in [5.74, 6) is 0.449. The summed E-state index contributed by atoms with van der Waals surface area (Å²) in [6, 6.07) is 28.1. The molecule has 5 heteroatoms. The molecule has 0 atom stereocenters. The van der Waals surface area contributed by atoms with Crippen molar-refractivity contribution in [2.75, 3.05) is 0 Å². The zero-order valence-corrected chi connectivity index (χ0v) is 27.5. The maximum absolute atomic E-state index is 14.7. The second-order valence-corrected chi connectivity index (χ2v) is 16.4. The van der Waals surface area contributed by atoms with E-state index in [4.69, 9.17) is 3.63 Å². The third kappa shape index (κ3) is 6.18. The van der Waals surface area contributed by atoms with Gasteiger partial charge in [-0.25, -0.2) is 3.63 Å². The Hall–Kier alpha value is -2.86. The van der Waals surface area contributed by atoms with Crippen LogP contribution in [-0.4, -0.2) is 8.42 Å². The van der Waals surface area contributed by atoms with E-state index in [0.29, 0.717) is 0 Å². The summed E-state index contributed by atoms with van der Waals surface area (Å²) in [6.07, 6.45) is 0. The minimum Gasteiger partial charge on any atom is -0.203 e. The fourth-order valence-corrected chi connectivity index (χ4v) is 11.0. The fraction of sp³-hybridized carbons (Fsp3) is 0.333. The molecule has 0 heterocycles. The summed E-state index contributed by atoms with van der Waals surface area (Å²) in [7, 11) is -6.91. The van der Waals surface area contributed by atoms with Gasteiger partial charge in [-0.1, -0.05) is 101 Å². The summed E-state index contributed by atoms with van der Waals surface area (Å²) in [5.41, 5.74) is 6.47. The van der Waals surface area contributed by atoms with E-state index in [9.17, 15) is 8.42 Å². The van der Waals surface area contributed by atoms with Gasteiger partial charge in [0.15, 0.2) is 0 Å². The number of hydrogen-bond acceptors (Lipinski definition) is 3. The zero-order valence-electron chi connectivity index (χ0n) is 25.9. The van der Waals surface area contributed by atoms with Gasteiger partial charge in [-0.2, -0.15) is 8.42 Å². The zero-order chi connectivity index (χ0) is 30.1. The topological polar surface area (TPSA) is 43.4 Å². The van der Waals surface area contributed by atoms with E-state index in [0.717, 1.165) is 42.5 Å². The van der Waals surface area contributed by atoms with Crippen molar-refractivity contribution < 1.29 is 12.0 Å². The molecule has 0 N–H and O–H groups in total. The van der Waals surface area contributed by atoms with E-state index in [-0.39, 0.29) is 22.6 Å². The van der Waals surface area contributed by atoms with Crippen LogP contribution < -0.4 is 0 Å². The second-order valence-electron chi connectivity index (χ2n) is 12.0. The molecule has 0 aliphatic carbocycles. The predicted molar refractivity (Wildman–Crippen MR) is 173 cm³/mol. The Bertz CT molecular complexity index is 1490. The summed E-state index contributed by atoms with van der Waals surface area (Å²) in [4.78, 5) is 2.79. The molecule has 4 rings (SSSR count). The van der Waals surface area contributed by atoms with Crippen molar-refractivity contribution >= 4 is 20.4 Å². The third-order valence-electron chi connectivity index (χ3n) is 7.58. The fourth-order valence-electron chi connectivity index (χ4n) is 5.48. The quantitative estimate of drug-likeness (QED) is 0.195. The molecule has 0 fully saturated rings. The molecule has 0 aromatic heterocycles. The van der Waals surface area contributed by atoms with Crippen molar-refractivity contribution in [3.63, 3.8) is 0 Å². The van der Waals surface area contributed by atoms with Crippen LogP contribution in [0, 0.1) is 20.8 Å². The summed E-state index contributed by atoms with van der Waals surface area (Å²) in [5, 5.41) is 0. The molecule has 0 saturated carbocycles. The maximum atomic E-state index is 14.7. The molecule has 0 saturated heterocycles. The van der Waals surface area contributed by atoms with Crippen LogP contribution in [0.3, 0.4) is 0 Å². The Labute approximate surface area is 249 Å². The van der Waals surface area contributed by atoms with Gasteiger partial charge in [0, 0.05) is 14.7 Å². The molecule has 0 aliphatic heterocycles. The van der Waals surface area contributed by atoms with Gasteiger partial charge in [0.1, 0.15) is 0 Å². The van der Waals surface area contributed by atoms with Crippen LogP contribution in [0.2, 0.25) is 0 Å². The van der Waals surface area contributed by atoms with Crippen LogP contribution in [0.1, 0.15) is 92.7 Å². The molecule has 4 aromatic carbocycles. The first-order chi connectivity index (χ1) is 19.3. The number of hydrogen-bond donors (Lipinski definition) is 0. The van der Waals surface area contributed by atoms with E-state index in [2.05, 4.69) is 41.5 Å². The average Bonchev–Trinajstić information content (AvgIpc) is 2.92. The van der Waals surface area contributed by atoms with E-state index >= 15 is 0 Å². The molecule has 3 nitrogen and oxygen atoms in total. The standard InChI is InChI=1S/C36H44O3S2/c1-24(2)33-22-23-34(36(26(5)6)35(33)25(3)4)41(37,38)39-40(30-16-10-27(7)11-17-30,31-18-12-28(8)13-19-31)32-20-14-29(9)15-21-32/h10-26H,1-9H3. The second kappa shape index (κ2) is 12.2. The Morgan fingerprint density at radius 2 is 0.854 bits per heavy atom. The lowest BCUT2D eigenvalue weighted by atomic mass is 9.83. The molecule has 41 heavy (non-hydrogen) atoms. The highest BCUT2D eigenvalue weighted by Crippen LogP contribution is 2.70. The molecule has 0 unspecified atom stereocenters. The lowest BCUT2D eigenvalue weighted by Gasteiger charge is -2.40. The molecule has 0 aliphatic rings. The van der Waals surface area contributed by atoms with E-state index in [1.807, 2.05) is 99.6 Å². The average molecular weight is 589 g/mol. The molecule has 0 radical (unpaired) electrons. The van der Waals surface area contributed by atoms with Crippen LogP contribution in [-0.2, 0) is 13.7 Å². The van der Waals surface area contributed by atoms with Crippen molar-refractivity contribution in [1.82, 2.24) is 0 Å². The Morgan fingerprint density at radius 1 is 0.488 bits per heavy atom. The van der Waals surface area contributed by atoms with Gasteiger partial charge in [0.2, 0.25) is 0 Å². The van der Waals surface area contributed by atoms with E-state index in [1.165, 1.54) is 5.56 Å². The normalized spacial score (nSPS) is 12.9. The Balaban J connectivity index is 2.08. The molecule has 4 aromatic rings. The van der Waals surface area contributed by atoms with Gasteiger partial charge in [0.25, 0.3) is 0 Å². The minimum absolute atomic E-state index is 0.00185. The lowest BCUT2D eigenvalue weighted by molar-refractivity contribution is 0.505. The van der Waals surface area contributed by atoms with Crippen LogP contribution in [0.4, 0.5) is 0 Å². The van der Waals surface area contributed by atoms with E-state index in [1.54, 1.807) is 6.07 Å². The molecular weight excluding hydrogens is 545 g/mol. The van der Waals surface area contributed by atoms with Crippen LogP contribution in [0.5, 0.6) is 0 Å². The van der Waals surface area contributed by atoms with Crippen molar-refractivity contribution in [1.29, 1.82) is 0 Å². The van der Waals surface area contributed by atoms with Crippen molar-refractivity contribution in [2.24, 2.45) is 0 Å². The molecule has 0 bridgehead atoms. The van der Waals surface area contributed by atoms with Crippen molar-refractivity contribution in [2.45, 2.75) is 99.6 Å². The summed E-state index contributed by atoms with van der Waals surface area (Å²) in [6.45, 7) is 18.9. The monoisotopic (exact) mass is 588 g/mol. The largest absolute Gasteiger partial charge is 0.307 e. The third-order valence-corrected chi connectivity index (χ3v) is 12.8. The molecule has 0 spiro atoms. The van der Waals surface area contributed by atoms with Gasteiger partial charge < -0.3 is 0 Å². The molecule has 0 amide bonds. The van der Waals surface area contributed by atoms with Gasteiger partial charge in [-0.3, -0.25) is 0 Å². The first kappa shape index (κ1) is 31.1. The highest BCUT2D eigenvalue weighted by Gasteiger charge is 2.40. The van der Waals surface area contributed by atoms with Gasteiger partial charge >= 0.3 is 10.1 Å². The van der Waals surface area contributed by atoms with Crippen LogP contribution in [0.15, 0.2) is 105 Å². The Kier molecular flexibility index (Phi) is 9.22. The smallest absolute Gasteiger partial charge is 0.203 e. The van der Waals surface area contributed by atoms with Gasteiger partial charge in [-0.15, -0.1) is 0 Å². The van der Waals surface area contributed by atoms with Crippen molar-refractivity contribution in [3.05, 3.63) is 118 Å². The lowest BCUT2D eigenvalue weighted by Crippen LogP contribution is -2.18. The van der Waals surface area contributed by atoms with Crippen LogP contribution in [0.25, 0.3) is 0 Å². The first-order valence-corrected chi connectivity index (χ1v) is 17.4. The van der Waals surface area contributed by atoms with Crippen LogP contribution >= 0.6 is 10.3 Å². The SMILES string of the molecule is Cc1ccc(S(OS(=O)(=O)c2ccc(C(C)C)c(C(C)C)c2C(C)C)(c2ccc(C)cc2)c2ccc(C)cc2)cc1. The number of aryl methyl sites for hydroxylation is 3.